The molecule has 4 heteroatoms. The Morgan fingerprint density at radius 3 is 2.64 bits per heavy atom. The van der Waals surface area contributed by atoms with E-state index in [0.29, 0.717) is 12.0 Å². The summed E-state index contributed by atoms with van der Waals surface area (Å²) in [5, 5.41) is 27.2. The predicted molar refractivity (Wildman–Crippen MR) is 51.7 cm³/mol. The first-order valence-corrected chi connectivity index (χ1v) is 4.31. The van der Waals surface area contributed by atoms with Crippen molar-refractivity contribution in [3.05, 3.63) is 23.3 Å². The molecule has 0 aromatic heterocycles. The molecule has 0 heterocycles. The van der Waals surface area contributed by atoms with Gasteiger partial charge in [-0.2, -0.15) is 5.26 Å². The van der Waals surface area contributed by atoms with Crippen molar-refractivity contribution in [1.82, 2.24) is 0 Å². The highest BCUT2D eigenvalue weighted by atomic mass is 16.3. The highest BCUT2D eigenvalue weighted by Gasteiger charge is 2.11. The van der Waals surface area contributed by atoms with Crippen LogP contribution < -0.4 is 5.73 Å². The maximum atomic E-state index is 9.30. The summed E-state index contributed by atoms with van der Waals surface area (Å²) in [7, 11) is 0. The molecule has 1 aromatic carbocycles. The minimum Gasteiger partial charge on any atom is -0.504 e. The summed E-state index contributed by atoms with van der Waals surface area (Å²) >= 11 is 0. The molecule has 74 valence electrons. The van der Waals surface area contributed by atoms with E-state index in [-0.39, 0.29) is 23.1 Å². The Morgan fingerprint density at radius 2 is 2.14 bits per heavy atom. The first-order chi connectivity index (χ1) is 6.60. The zero-order valence-electron chi connectivity index (χ0n) is 7.86. The van der Waals surface area contributed by atoms with E-state index in [4.69, 9.17) is 11.0 Å². The molecule has 0 bridgehead atoms. The number of phenols is 2. The number of hydrogen-bond acceptors (Lipinski definition) is 4. The van der Waals surface area contributed by atoms with Gasteiger partial charge in [0, 0.05) is 6.04 Å². The summed E-state index contributed by atoms with van der Waals surface area (Å²) < 4.78 is 0. The molecule has 0 amide bonds. The lowest BCUT2D eigenvalue weighted by atomic mass is 10.0. The summed E-state index contributed by atoms with van der Waals surface area (Å²) in [5.41, 5.74) is 6.43. The Bertz CT molecular complexity index is 382. The highest BCUT2D eigenvalue weighted by Crippen LogP contribution is 2.32. The molecule has 0 spiro atoms. The van der Waals surface area contributed by atoms with Crippen molar-refractivity contribution in [1.29, 1.82) is 5.26 Å². The first-order valence-electron chi connectivity index (χ1n) is 4.31. The average molecular weight is 192 g/mol. The fourth-order valence-corrected chi connectivity index (χ4v) is 1.18. The van der Waals surface area contributed by atoms with Crippen LogP contribution in [0.3, 0.4) is 0 Å². The third kappa shape index (κ3) is 1.78. The van der Waals surface area contributed by atoms with Crippen LogP contribution in [0, 0.1) is 11.3 Å². The zero-order valence-corrected chi connectivity index (χ0v) is 7.86. The molecule has 0 aliphatic rings. The Hall–Kier alpha value is -1.73. The van der Waals surface area contributed by atoms with Gasteiger partial charge in [0.2, 0.25) is 0 Å². The van der Waals surface area contributed by atoms with Crippen molar-refractivity contribution in [2.45, 2.75) is 19.4 Å². The predicted octanol–water partition coefficient (Wildman–Crippen LogP) is 1.38. The van der Waals surface area contributed by atoms with Crippen molar-refractivity contribution in [3.63, 3.8) is 0 Å². The summed E-state index contributed by atoms with van der Waals surface area (Å²) in [4.78, 5) is 0. The van der Waals surface area contributed by atoms with Gasteiger partial charge < -0.3 is 15.9 Å². The van der Waals surface area contributed by atoms with Crippen molar-refractivity contribution < 1.29 is 10.2 Å². The van der Waals surface area contributed by atoms with Crippen LogP contribution in [0.25, 0.3) is 0 Å². The quantitative estimate of drug-likeness (QED) is 0.617. The van der Waals surface area contributed by atoms with Gasteiger partial charge >= 0.3 is 0 Å². The van der Waals surface area contributed by atoms with Gasteiger partial charge in [-0.1, -0.05) is 6.92 Å². The normalized spacial score (nSPS) is 12.1. The van der Waals surface area contributed by atoms with E-state index in [0.717, 1.165) is 0 Å². The van der Waals surface area contributed by atoms with Gasteiger partial charge in [0.1, 0.15) is 6.07 Å². The lowest BCUT2D eigenvalue weighted by Gasteiger charge is -2.10. The second kappa shape index (κ2) is 3.99. The molecular formula is C10H12N2O2. The molecule has 0 unspecified atom stereocenters. The largest absolute Gasteiger partial charge is 0.504 e. The Labute approximate surface area is 82.2 Å². The van der Waals surface area contributed by atoms with Crippen LogP contribution in [0.15, 0.2) is 12.1 Å². The van der Waals surface area contributed by atoms with Gasteiger partial charge in [0.25, 0.3) is 0 Å². The molecule has 0 fully saturated rings. The average Bonchev–Trinajstić information content (AvgIpc) is 2.20. The van der Waals surface area contributed by atoms with Gasteiger partial charge in [0.05, 0.1) is 5.56 Å². The highest BCUT2D eigenvalue weighted by molar-refractivity contribution is 5.53. The summed E-state index contributed by atoms with van der Waals surface area (Å²) in [5.74, 6) is -0.692. The van der Waals surface area contributed by atoms with Crippen LogP contribution >= 0.6 is 0 Å². The smallest absolute Gasteiger partial charge is 0.175 e. The van der Waals surface area contributed by atoms with Crippen LogP contribution in [-0.4, -0.2) is 10.2 Å². The Kier molecular flexibility index (Phi) is 2.95. The SMILES string of the molecule is CC[C@@H](N)c1cc(O)c(O)c(C#N)c1. The second-order valence-corrected chi connectivity index (χ2v) is 3.06. The number of nitrogens with two attached hydrogens (primary N) is 1. The maximum Gasteiger partial charge on any atom is 0.175 e. The van der Waals surface area contributed by atoms with Crippen LogP contribution in [-0.2, 0) is 0 Å². The molecule has 14 heavy (non-hydrogen) atoms. The summed E-state index contributed by atoms with van der Waals surface area (Å²) in [6.07, 6.45) is 0.703. The lowest BCUT2D eigenvalue weighted by molar-refractivity contribution is 0.401. The van der Waals surface area contributed by atoms with Gasteiger partial charge in [-0.3, -0.25) is 0 Å². The Balaban J connectivity index is 3.24. The van der Waals surface area contributed by atoms with Crippen LogP contribution in [0.1, 0.15) is 30.5 Å². The number of hydrogen-bond donors (Lipinski definition) is 3. The van der Waals surface area contributed by atoms with Crippen molar-refractivity contribution in [2.24, 2.45) is 5.73 Å². The fourth-order valence-electron chi connectivity index (χ4n) is 1.18. The zero-order chi connectivity index (χ0) is 10.7. The van der Waals surface area contributed by atoms with Crippen molar-refractivity contribution >= 4 is 0 Å². The fraction of sp³-hybridized carbons (Fsp3) is 0.300. The molecule has 0 radical (unpaired) electrons. The number of phenolic OH excluding ortho intramolecular Hbond substituents is 2. The molecule has 0 saturated carbocycles. The van der Waals surface area contributed by atoms with Gasteiger partial charge in [-0.05, 0) is 24.1 Å². The molecule has 1 aromatic rings. The van der Waals surface area contributed by atoms with E-state index in [1.165, 1.54) is 12.1 Å². The van der Waals surface area contributed by atoms with Crippen LogP contribution in [0.4, 0.5) is 0 Å². The molecule has 0 aliphatic heterocycles. The van der Waals surface area contributed by atoms with E-state index in [2.05, 4.69) is 0 Å². The van der Waals surface area contributed by atoms with Crippen molar-refractivity contribution in [3.8, 4) is 17.6 Å². The van der Waals surface area contributed by atoms with Gasteiger partial charge in [-0.25, -0.2) is 0 Å². The molecule has 1 atom stereocenters. The topological polar surface area (TPSA) is 90.3 Å². The van der Waals surface area contributed by atoms with Gasteiger partial charge in [-0.15, -0.1) is 0 Å². The number of rotatable bonds is 2. The standard InChI is InChI=1S/C10H12N2O2/c1-2-8(12)6-3-7(5-11)10(14)9(13)4-6/h3-4,8,13-14H,2,12H2,1H3/t8-/m1/s1. The molecule has 0 saturated heterocycles. The third-order valence-electron chi connectivity index (χ3n) is 2.10. The monoisotopic (exact) mass is 192 g/mol. The van der Waals surface area contributed by atoms with Crippen molar-refractivity contribution in [2.75, 3.05) is 0 Å². The van der Waals surface area contributed by atoms with E-state index < -0.39 is 0 Å². The van der Waals surface area contributed by atoms with E-state index in [1.54, 1.807) is 6.07 Å². The molecule has 4 N–H and O–H groups in total. The van der Waals surface area contributed by atoms with Crippen LogP contribution in [0.5, 0.6) is 11.5 Å². The number of nitriles is 1. The van der Waals surface area contributed by atoms with E-state index in [1.807, 2.05) is 6.92 Å². The maximum absolute atomic E-state index is 9.30. The minimum absolute atomic E-state index is 0.0453. The number of benzene rings is 1. The molecular weight excluding hydrogens is 180 g/mol. The first kappa shape index (κ1) is 10.4. The number of aromatic hydroxyl groups is 2. The van der Waals surface area contributed by atoms with Crippen LogP contribution in [0.2, 0.25) is 0 Å². The number of nitrogens with zero attached hydrogens (tertiary/aromatic N) is 1. The lowest BCUT2D eigenvalue weighted by Crippen LogP contribution is -2.08. The van der Waals surface area contributed by atoms with E-state index in [9.17, 15) is 10.2 Å². The molecule has 0 aliphatic carbocycles. The summed E-state index contributed by atoms with van der Waals surface area (Å²) in [6.45, 7) is 1.90. The molecule has 4 nitrogen and oxygen atoms in total. The Morgan fingerprint density at radius 1 is 1.50 bits per heavy atom. The molecule has 1 rings (SSSR count). The third-order valence-corrected chi connectivity index (χ3v) is 2.10. The second-order valence-electron chi connectivity index (χ2n) is 3.06. The minimum atomic E-state index is -0.389. The summed E-state index contributed by atoms with van der Waals surface area (Å²) in [6, 6.07) is 4.43. The van der Waals surface area contributed by atoms with E-state index >= 15 is 0 Å². The van der Waals surface area contributed by atoms with Gasteiger partial charge in [0.15, 0.2) is 11.5 Å².